The molecule has 1 saturated heterocycles. The van der Waals surface area contributed by atoms with Crippen molar-refractivity contribution in [2.45, 2.75) is 18.9 Å². The molecule has 0 aromatic heterocycles. The largest absolute Gasteiger partial charge is 0.493 e. The fourth-order valence-corrected chi connectivity index (χ4v) is 4.69. The number of hydrogen-bond donors (Lipinski definition) is 1. The van der Waals surface area contributed by atoms with E-state index >= 15 is 0 Å². The van der Waals surface area contributed by atoms with Gasteiger partial charge >= 0.3 is 0 Å². The predicted octanol–water partition coefficient (Wildman–Crippen LogP) is 2.75. The third-order valence-corrected chi connectivity index (χ3v) is 6.48. The van der Waals surface area contributed by atoms with Crippen LogP contribution in [0.5, 0.6) is 17.2 Å². The van der Waals surface area contributed by atoms with E-state index in [1.807, 2.05) is 19.2 Å². The van der Waals surface area contributed by atoms with Gasteiger partial charge in [0.15, 0.2) is 17.5 Å². The summed E-state index contributed by atoms with van der Waals surface area (Å²) in [5, 5.41) is 3.60. The van der Waals surface area contributed by atoms with Crippen molar-refractivity contribution in [3.63, 3.8) is 0 Å². The highest BCUT2D eigenvalue weighted by Crippen LogP contribution is 2.38. The SMILES string of the molecule is CN=C(NCC1Cc2ccccc21)N1CCN(Cc2cc(OC)c(OC)c(OC)c2)CC1. The number of benzene rings is 2. The number of guanidine groups is 1. The molecule has 0 saturated carbocycles. The Kier molecular flexibility index (Phi) is 7.05. The zero-order chi connectivity index (χ0) is 22.5. The molecule has 1 aliphatic carbocycles. The fraction of sp³-hybridized carbons (Fsp3) is 0.480. The number of nitrogens with one attached hydrogen (secondary N) is 1. The topological polar surface area (TPSA) is 58.6 Å². The molecule has 32 heavy (non-hydrogen) atoms. The summed E-state index contributed by atoms with van der Waals surface area (Å²) >= 11 is 0. The van der Waals surface area contributed by atoms with Gasteiger partial charge in [0.05, 0.1) is 21.3 Å². The molecule has 0 bridgehead atoms. The second-order valence-electron chi connectivity index (χ2n) is 8.32. The Morgan fingerprint density at radius 3 is 2.28 bits per heavy atom. The molecule has 1 N–H and O–H groups in total. The van der Waals surface area contributed by atoms with E-state index in [0.717, 1.165) is 57.2 Å². The van der Waals surface area contributed by atoms with Crippen LogP contribution in [0.3, 0.4) is 0 Å². The van der Waals surface area contributed by atoms with E-state index in [4.69, 9.17) is 14.2 Å². The van der Waals surface area contributed by atoms with Crippen LogP contribution in [0, 0.1) is 0 Å². The summed E-state index contributed by atoms with van der Waals surface area (Å²) in [5.74, 6) is 3.61. The quantitative estimate of drug-likeness (QED) is 0.530. The van der Waals surface area contributed by atoms with Crippen LogP contribution >= 0.6 is 0 Å². The number of nitrogens with zero attached hydrogens (tertiary/aromatic N) is 3. The number of aliphatic imine (C=N–C) groups is 1. The van der Waals surface area contributed by atoms with E-state index in [2.05, 4.69) is 44.4 Å². The summed E-state index contributed by atoms with van der Waals surface area (Å²) in [6.07, 6.45) is 1.16. The van der Waals surface area contributed by atoms with E-state index in [9.17, 15) is 0 Å². The summed E-state index contributed by atoms with van der Waals surface area (Å²) < 4.78 is 16.4. The zero-order valence-corrected chi connectivity index (χ0v) is 19.6. The normalized spacial score (nSPS) is 18.6. The molecule has 0 amide bonds. The Balaban J connectivity index is 1.30. The van der Waals surface area contributed by atoms with Crippen molar-refractivity contribution in [3.8, 4) is 17.2 Å². The number of piperazine rings is 1. The molecular formula is C25H34N4O3. The number of hydrogen-bond acceptors (Lipinski definition) is 5. The highest BCUT2D eigenvalue weighted by Gasteiger charge is 2.27. The molecule has 1 atom stereocenters. The first-order valence-electron chi connectivity index (χ1n) is 11.2. The molecule has 1 heterocycles. The standard InChI is InChI=1S/C25H34N4O3/c1-26-25(27-16-20-15-19-7-5-6-8-21(19)20)29-11-9-28(10-12-29)17-18-13-22(30-2)24(32-4)23(14-18)31-3/h5-8,13-14,20H,9-12,15-17H2,1-4H3,(H,26,27). The first-order valence-corrected chi connectivity index (χ1v) is 11.2. The molecule has 7 heteroatoms. The molecular weight excluding hydrogens is 404 g/mol. The lowest BCUT2D eigenvalue weighted by atomic mass is 9.78. The fourth-order valence-electron chi connectivity index (χ4n) is 4.69. The molecule has 7 nitrogen and oxygen atoms in total. The molecule has 1 fully saturated rings. The van der Waals surface area contributed by atoms with Crippen molar-refractivity contribution in [2.75, 3.05) is 61.1 Å². The molecule has 2 aromatic carbocycles. The lowest BCUT2D eigenvalue weighted by molar-refractivity contribution is 0.172. The summed E-state index contributed by atoms with van der Waals surface area (Å²) in [4.78, 5) is 9.35. The summed E-state index contributed by atoms with van der Waals surface area (Å²) in [5.41, 5.74) is 4.11. The minimum absolute atomic E-state index is 0.587. The van der Waals surface area contributed by atoms with Crippen LogP contribution in [0.2, 0.25) is 0 Å². The van der Waals surface area contributed by atoms with E-state index in [0.29, 0.717) is 23.2 Å². The minimum atomic E-state index is 0.587. The van der Waals surface area contributed by atoms with Crippen molar-refractivity contribution < 1.29 is 14.2 Å². The van der Waals surface area contributed by atoms with Crippen molar-refractivity contribution in [1.29, 1.82) is 0 Å². The van der Waals surface area contributed by atoms with Gasteiger partial charge in [0.1, 0.15) is 0 Å². The Hall–Kier alpha value is -2.93. The third-order valence-electron chi connectivity index (χ3n) is 6.48. The van der Waals surface area contributed by atoms with Crippen molar-refractivity contribution in [2.24, 2.45) is 4.99 Å². The van der Waals surface area contributed by atoms with Crippen LogP contribution in [0.1, 0.15) is 22.6 Å². The van der Waals surface area contributed by atoms with Crippen molar-refractivity contribution >= 4 is 5.96 Å². The van der Waals surface area contributed by atoms with Gasteiger partial charge in [-0.2, -0.15) is 0 Å². The lowest BCUT2D eigenvalue weighted by Gasteiger charge is -2.37. The van der Waals surface area contributed by atoms with Gasteiger partial charge in [0, 0.05) is 52.2 Å². The number of rotatable bonds is 7. The van der Waals surface area contributed by atoms with Crippen LogP contribution in [0.15, 0.2) is 41.4 Å². The minimum Gasteiger partial charge on any atom is -0.493 e. The Bertz CT molecular complexity index is 929. The zero-order valence-electron chi connectivity index (χ0n) is 19.6. The Morgan fingerprint density at radius 1 is 1.00 bits per heavy atom. The van der Waals surface area contributed by atoms with Gasteiger partial charge in [0.25, 0.3) is 0 Å². The summed E-state index contributed by atoms with van der Waals surface area (Å²) in [7, 11) is 6.81. The van der Waals surface area contributed by atoms with Gasteiger partial charge < -0.3 is 24.4 Å². The van der Waals surface area contributed by atoms with Gasteiger partial charge in [0.2, 0.25) is 5.75 Å². The maximum atomic E-state index is 5.50. The first-order chi connectivity index (χ1) is 15.7. The van der Waals surface area contributed by atoms with Gasteiger partial charge in [-0.25, -0.2) is 0 Å². The number of fused-ring (bicyclic) bond motifs is 1. The van der Waals surface area contributed by atoms with Crippen molar-refractivity contribution in [3.05, 3.63) is 53.1 Å². The van der Waals surface area contributed by atoms with Gasteiger partial charge in [-0.15, -0.1) is 0 Å². The maximum absolute atomic E-state index is 5.50. The van der Waals surface area contributed by atoms with Crippen LogP contribution in [0.25, 0.3) is 0 Å². The van der Waals surface area contributed by atoms with Crippen LogP contribution < -0.4 is 19.5 Å². The van der Waals surface area contributed by atoms with E-state index < -0.39 is 0 Å². The molecule has 1 aliphatic heterocycles. The van der Waals surface area contributed by atoms with Gasteiger partial charge in [-0.05, 0) is 35.2 Å². The number of methoxy groups -OCH3 is 3. The average molecular weight is 439 g/mol. The molecule has 2 aromatic rings. The highest BCUT2D eigenvalue weighted by molar-refractivity contribution is 5.80. The van der Waals surface area contributed by atoms with Crippen LogP contribution in [-0.2, 0) is 13.0 Å². The predicted molar refractivity (Wildman–Crippen MR) is 127 cm³/mol. The highest BCUT2D eigenvalue weighted by atomic mass is 16.5. The second kappa shape index (κ2) is 10.1. The van der Waals surface area contributed by atoms with Gasteiger partial charge in [-0.3, -0.25) is 9.89 Å². The summed E-state index contributed by atoms with van der Waals surface area (Å²) in [6, 6.07) is 12.8. The number of ether oxygens (including phenoxy) is 3. The smallest absolute Gasteiger partial charge is 0.203 e. The van der Waals surface area contributed by atoms with E-state index in [-0.39, 0.29) is 0 Å². The first kappa shape index (κ1) is 22.3. The maximum Gasteiger partial charge on any atom is 0.203 e. The monoisotopic (exact) mass is 438 g/mol. The molecule has 2 aliphatic rings. The Morgan fingerprint density at radius 2 is 1.69 bits per heavy atom. The van der Waals surface area contributed by atoms with Crippen LogP contribution in [0.4, 0.5) is 0 Å². The molecule has 0 spiro atoms. The van der Waals surface area contributed by atoms with Crippen molar-refractivity contribution in [1.82, 2.24) is 15.1 Å². The average Bonchev–Trinajstić information content (AvgIpc) is 2.82. The molecule has 172 valence electrons. The molecule has 1 unspecified atom stereocenters. The van der Waals surface area contributed by atoms with Gasteiger partial charge in [-0.1, -0.05) is 24.3 Å². The lowest BCUT2D eigenvalue weighted by Crippen LogP contribution is -2.52. The second-order valence-corrected chi connectivity index (χ2v) is 8.32. The van der Waals surface area contributed by atoms with Crippen LogP contribution in [-0.4, -0.2) is 76.9 Å². The van der Waals surface area contributed by atoms with E-state index in [1.165, 1.54) is 11.1 Å². The summed E-state index contributed by atoms with van der Waals surface area (Å²) in [6.45, 7) is 5.63. The molecule has 4 rings (SSSR count). The Labute approximate surface area is 191 Å². The third kappa shape index (κ3) is 4.63. The molecule has 0 radical (unpaired) electrons. The van der Waals surface area contributed by atoms with E-state index in [1.54, 1.807) is 21.3 Å².